The zero-order chi connectivity index (χ0) is 11.1. The number of nitrogens with zero attached hydrogens (tertiary/aromatic N) is 2. The van der Waals surface area contributed by atoms with E-state index in [1.807, 2.05) is 16.7 Å². The molecule has 0 saturated carbocycles. The van der Waals surface area contributed by atoms with Gasteiger partial charge in [0.05, 0.1) is 11.7 Å². The van der Waals surface area contributed by atoms with E-state index in [1.54, 1.807) is 12.3 Å². The third-order valence-corrected chi connectivity index (χ3v) is 2.36. The Morgan fingerprint density at radius 3 is 2.73 bits per heavy atom. The fourth-order valence-electron chi connectivity index (χ4n) is 1.65. The molecule has 15 heavy (non-hydrogen) atoms. The summed E-state index contributed by atoms with van der Waals surface area (Å²) in [5.41, 5.74) is 1.65. The highest BCUT2D eigenvalue weighted by Crippen LogP contribution is 2.22. The van der Waals surface area contributed by atoms with E-state index >= 15 is 0 Å². The lowest BCUT2D eigenvalue weighted by Crippen LogP contribution is -2.15. The number of rotatable bonds is 1. The molecule has 2 aromatic rings. The average Bonchev–Trinajstić information content (AvgIpc) is 2.59. The van der Waals surface area contributed by atoms with Gasteiger partial charge in [-0.1, -0.05) is 20.8 Å². The molecule has 0 aliphatic carbocycles. The Kier molecular flexibility index (Phi) is 2.11. The predicted molar refractivity (Wildman–Crippen MR) is 59.3 cm³/mol. The number of aromatic nitrogens is 2. The van der Waals surface area contributed by atoms with Crippen LogP contribution in [-0.4, -0.2) is 15.7 Å². The highest BCUT2D eigenvalue weighted by Gasteiger charge is 2.19. The zero-order valence-electron chi connectivity index (χ0n) is 9.19. The van der Waals surface area contributed by atoms with E-state index in [-0.39, 0.29) is 5.41 Å². The molecule has 2 aromatic heterocycles. The maximum absolute atomic E-state index is 10.6. The van der Waals surface area contributed by atoms with E-state index in [4.69, 9.17) is 0 Å². The largest absolute Gasteiger partial charge is 0.303 e. The fraction of sp³-hybridized carbons (Fsp3) is 0.333. The molecule has 2 rings (SSSR count). The van der Waals surface area contributed by atoms with Crippen LogP contribution in [0.1, 0.15) is 37.0 Å². The summed E-state index contributed by atoms with van der Waals surface area (Å²) < 4.78 is 2.02. The first-order valence-corrected chi connectivity index (χ1v) is 4.95. The minimum absolute atomic E-state index is 0.00904. The quantitative estimate of drug-likeness (QED) is 0.666. The van der Waals surface area contributed by atoms with Crippen LogP contribution in [0.15, 0.2) is 24.5 Å². The molecule has 0 aromatic carbocycles. The fourth-order valence-corrected chi connectivity index (χ4v) is 1.65. The monoisotopic (exact) mass is 202 g/mol. The Labute approximate surface area is 88.8 Å². The molecular formula is C12H14N2O. The molecule has 0 spiro atoms. The third-order valence-electron chi connectivity index (χ3n) is 2.36. The Hall–Kier alpha value is -1.64. The number of carbonyl (C=O) groups is 1. The molecule has 0 atom stereocenters. The number of aldehydes is 1. The van der Waals surface area contributed by atoms with Gasteiger partial charge in [0.15, 0.2) is 0 Å². The van der Waals surface area contributed by atoms with Crippen molar-refractivity contribution in [3.05, 3.63) is 35.9 Å². The van der Waals surface area contributed by atoms with Crippen molar-refractivity contribution < 1.29 is 4.79 Å². The van der Waals surface area contributed by atoms with E-state index < -0.39 is 0 Å². The van der Waals surface area contributed by atoms with E-state index in [9.17, 15) is 4.79 Å². The van der Waals surface area contributed by atoms with Gasteiger partial charge in [0.2, 0.25) is 0 Å². The van der Waals surface area contributed by atoms with Crippen molar-refractivity contribution in [3.8, 4) is 0 Å². The van der Waals surface area contributed by atoms with Crippen molar-refractivity contribution in [2.75, 3.05) is 0 Å². The topological polar surface area (TPSA) is 34.4 Å². The van der Waals surface area contributed by atoms with Crippen molar-refractivity contribution in [2.24, 2.45) is 0 Å². The van der Waals surface area contributed by atoms with Gasteiger partial charge >= 0.3 is 0 Å². The van der Waals surface area contributed by atoms with Gasteiger partial charge in [-0.15, -0.1) is 0 Å². The summed E-state index contributed by atoms with van der Waals surface area (Å²) in [4.78, 5) is 15.0. The van der Waals surface area contributed by atoms with Gasteiger partial charge in [0.1, 0.15) is 12.1 Å². The number of pyridine rings is 1. The SMILES string of the molecule is CC(C)(C)c1ncc2cc(C=O)ccn12. The van der Waals surface area contributed by atoms with Crippen molar-refractivity contribution in [3.63, 3.8) is 0 Å². The maximum atomic E-state index is 10.6. The Morgan fingerprint density at radius 1 is 1.40 bits per heavy atom. The van der Waals surface area contributed by atoms with Gasteiger partial charge in [-0.05, 0) is 12.1 Å². The highest BCUT2D eigenvalue weighted by atomic mass is 16.1. The van der Waals surface area contributed by atoms with E-state index in [0.29, 0.717) is 5.56 Å². The number of fused-ring (bicyclic) bond motifs is 1. The molecule has 0 radical (unpaired) electrons. The lowest BCUT2D eigenvalue weighted by Gasteiger charge is -2.16. The molecule has 0 unspecified atom stereocenters. The first-order chi connectivity index (χ1) is 7.02. The van der Waals surface area contributed by atoms with E-state index in [1.165, 1.54) is 0 Å². The average molecular weight is 202 g/mol. The summed E-state index contributed by atoms with van der Waals surface area (Å²) >= 11 is 0. The maximum Gasteiger partial charge on any atom is 0.150 e. The van der Waals surface area contributed by atoms with Crippen molar-refractivity contribution in [2.45, 2.75) is 26.2 Å². The summed E-state index contributed by atoms with van der Waals surface area (Å²) in [7, 11) is 0. The van der Waals surface area contributed by atoms with Gasteiger partial charge < -0.3 is 4.40 Å². The van der Waals surface area contributed by atoms with E-state index in [0.717, 1.165) is 17.6 Å². The first-order valence-electron chi connectivity index (χ1n) is 4.95. The molecule has 0 aliphatic rings. The lowest BCUT2D eigenvalue weighted by molar-refractivity contribution is 0.112. The van der Waals surface area contributed by atoms with Crippen LogP contribution in [0.2, 0.25) is 0 Å². The second-order valence-corrected chi connectivity index (χ2v) is 4.70. The molecule has 3 heteroatoms. The normalized spacial score (nSPS) is 11.9. The zero-order valence-corrected chi connectivity index (χ0v) is 9.19. The molecule has 0 N–H and O–H groups in total. The smallest absolute Gasteiger partial charge is 0.150 e. The number of hydrogen-bond donors (Lipinski definition) is 0. The molecule has 0 amide bonds. The molecule has 2 heterocycles. The minimum atomic E-state index is 0.00904. The van der Waals surface area contributed by atoms with Crippen LogP contribution in [0.4, 0.5) is 0 Å². The van der Waals surface area contributed by atoms with Crippen LogP contribution < -0.4 is 0 Å². The third kappa shape index (κ3) is 1.65. The summed E-state index contributed by atoms with van der Waals surface area (Å²) in [6.45, 7) is 6.36. The van der Waals surface area contributed by atoms with Gasteiger partial charge in [0, 0.05) is 17.2 Å². The molecule has 78 valence electrons. The lowest BCUT2D eigenvalue weighted by atomic mass is 9.96. The first kappa shape index (κ1) is 9.90. The van der Waals surface area contributed by atoms with Crippen LogP contribution in [0.25, 0.3) is 5.52 Å². The minimum Gasteiger partial charge on any atom is -0.303 e. The number of imidazole rings is 1. The summed E-state index contributed by atoms with van der Waals surface area (Å²) in [6.07, 6.45) is 4.55. The van der Waals surface area contributed by atoms with Crippen LogP contribution in [-0.2, 0) is 5.41 Å². The van der Waals surface area contributed by atoms with Crippen LogP contribution >= 0.6 is 0 Å². The Balaban J connectivity index is 2.67. The molecule has 0 saturated heterocycles. The van der Waals surface area contributed by atoms with Crippen molar-refractivity contribution >= 4 is 11.8 Å². The van der Waals surface area contributed by atoms with Gasteiger partial charge in [-0.2, -0.15) is 0 Å². The molecular weight excluding hydrogens is 188 g/mol. The molecule has 3 nitrogen and oxygen atoms in total. The van der Waals surface area contributed by atoms with Gasteiger partial charge in [-0.25, -0.2) is 4.98 Å². The predicted octanol–water partition coefficient (Wildman–Crippen LogP) is 2.44. The standard InChI is InChI=1S/C12H14N2O/c1-12(2,3)11-13-7-10-6-9(8-15)4-5-14(10)11/h4-8H,1-3H3. The summed E-state index contributed by atoms with van der Waals surface area (Å²) in [6, 6.07) is 3.64. The molecule has 0 fully saturated rings. The Morgan fingerprint density at radius 2 is 2.13 bits per heavy atom. The van der Waals surface area contributed by atoms with Crippen LogP contribution in [0, 0.1) is 0 Å². The van der Waals surface area contributed by atoms with Gasteiger partial charge in [0.25, 0.3) is 0 Å². The molecule has 0 aliphatic heterocycles. The van der Waals surface area contributed by atoms with Crippen molar-refractivity contribution in [1.82, 2.24) is 9.38 Å². The van der Waals surface area contributed by atoms with E-state index in [2.05, 4.69) is 25.8 Å². The Bertz CT molecular complexity index is 506. The van der Waals surface area contributed by atoms with Crippen molar-refractivity contribution in [1.29, 1.82) is 0 Å². The second-order valence-electron chi connectivity index (χ2n) is 4.70. The van der Waals surface area contributed by atoms with Crippen LogP contribution in [0.3, 0.4) is 0 Å². The van der Waals surface area contributed by atoms with Crippen LogP contribution in [0.5, 0.6) is 0 Å². The highest BCUT2D eigenvalue weighted by molar-refractivity contribution is 5.77. The van der Waals surface area contributed by atoms with Gasteiger partial charge in [-0.3, -0.25) is 4.79 Å². The molecule has 0 bridgehead atoms. The summed E-state index contributed by atoms with van der Waals surface area (Å²) in [5.74, 6) is 1.01. The second kappa shape index (κ2) is 3.19. The summed E-state index contributed by atoms with van der Waals surface area (Å²) in [5, 5.41) is 0. The number of carbonyl (C=O) groups excluding carboxylic acids is 1. The number of hydrogen-bond acceptors (Lipinski definition) is 2.